The normalized spacial score (nSPS) is 16.3. The van der Waals surface area contributed by atoms with Crippen LogP contribution in [0.3, 0.4) is 0 Å². The van der Waals surface area contributed by atoms with Gasteiger partial charge in [0.25, 0.3) is 0 Å². The van der Waals surface area contributed by atoms with Crippen LogP contribution in [0.1, 0.15) is 38.2 Å². The summed E-state index contributed by atoms with van der Waals surface area (Å²) in [5.74, 6) is 0.907. The first-order valence-electron chi connectivity index (χ1n) is 6.19. The molecule has 0 heterocycles. The number of hydrogen-bond acceptors (Lipinski definition) is 2. The van der Waals surface area contributed by atoms with E-state index >= 15 is 0 Å². The Kier molecular flexibility index (Phi) is 3.91. The molecular formula is C14H17ClN2. The molecule has 0 bridgehead atoms. The summed E-state index contributed by atoms with van der Waals surface area (Å²) in [5.41, 5.74) is 1.55. The van der Waals surface area contributed by atoms with Gasteiger partial charge in [0, 0.05) is 6.04 Å². The number of hydrogen-bond donors (Lipinski definition) is 1. The van der Waals surface area contributed by atoms with E-state index in [9.17, 15) is 0 Å². The molecule has 1 saturated carbocycles. The molecule has 1 unspecified atom stereocenters. The molecule has 2 rings (SSSR count). The maximum absolute atomic E-state index is 8.78. The smallest absolute Gasteiger partial charge is 0.0992 e. The molecule has 1 atom stereocenters. The number of nitriles is 1. The first kappa shape index (κ1) is 12.3. The van der Waals surface area contributed by atoms with E-state index in [0.29, 0.717) is 16.6 Å². The largest absolute Gasteiger partial charge is 0.381 e. The van der Waals surface area contributed by atoms with E-state index in [1.807, 2.05) is 6.07 Å². The van der Waals surface area contributed by atoms with Gasteiger partial charge in [-0.3, -0.25) is 0 Å². The van der Waals surface area contributed by atoms with Gasteiger partial charge in [-0.15, -0.1) is 0 Å². The van der Waals surface area contributed by atoms with Crippen molar-refractivity contribution in [2.75, 3.05) is 5.32 Å². The van der Waals surface area contributed by atoms with Crippen molar-refractivity contribution in [1.29, 1.82) is 5.26 Å². The molecule has 1 aromatic rings. The molecule has 90 valence electrons. The lowest BCUT2D eigenvalue weighted by atomic mass is 10.1. The molecule has 0 aromatic heterocycles. The Balaban J connectivity index is 2.03. The fraction of sp³-hybridized carbons (Fsp3) is 0.500. The second-order valence-corrected chi connectivity index (χ2v) is 5.14. The zero-order valence-electron chi connectivity index (χ0n) is 10.0. The molecule has 1 fully saturated rings. The maximum atomic E-state index is 8.78. The van der Waals surface area contributed by atoms with E-state index < -0.39 is 0 Å². The van der Waals surface area contributed by atoms with Gasteiger partial charge in [0.05, 0.1) is 22.3 Å². The quantitative estimate of drug-likeness (QED) is 0.848. The lowest BCUT2D eigenvalue weighted by Gasteiger charge is -2.19. The van der Waals surface area contributed by atoms with Crippen LogP contribution in [0.4, 0.5) is 5.69 Å². The van der Waals surface area contributed by atoms with Crippen LogP contribution < -0.4 is 5.32 Å². The summed E-state index contributed by atoms with van der Waals surface area (Å²) in [6, 6.07) is 8.00. The van der Waals surface area contributed by atoms with E-state index in [-0.39, 0.29) is 0 Å². The monoisotopic (exact) mass is 248 g/mol. The van der Waals surface area contributed by atoms with Crippen molar-refractivity contribution in [2.45, 2.75) is 38.6 Å². The van der Waals surface area contributed by atoms with Crippen molar-refractivity contribution < 1.29 is 0 Å². The van der Waals surface area contributed by atoms with Gasteiger partial charge in [-0.2, -0.15) is 5.26 Å². The minimum Gasteiger partial charge on any atom is -0.381 e. The number of nitrogens with one attached hydrogen (secondary N) is 1. The van der Waals surface area contributed by atoms with Crippen molar-refractivity contribution in [3.05, 3.63) is 28.8 Å². The Hall–Kier alpha value is -1.20. The summed E-state index contributed by atoms with van der Waals surface area (Å²) in [6.45, 7) is 2.19. The Bertz CT molecular complexity index is 432. The summed E-state index contributed by atoms with van der Waals surface area (Å²) in [6.07, 6.45) is 5.08. The third-order valence-corrected chi connectivity index (χ3v) is 3.58. The highest BCUT2D eigenvalue weighted by Crippen LogP contribution is 2.35. The van der Waals surface area contributed by atoms with Crippen LogP contribution >= 0.6 is 11.6 Å². The number of halogens is 1. The highest BCUT2D eigenvalue weighted by atomic mass is 35.5. The molecule has 1 aromatic carbocycles. The average molecular weight is 249 g/mol. The maximum Gasteiger partial charge on any atom is 0.0992 e. The summed E-state index contributed by atoms with van der Waals surface area (Å²) in [4.78, 5) is 0. The minimum atomic E-state index is 0.493. The zero-order chi connectivity index (χ0) is 12.3. The Morgan fingerprint density at radius 2 is 2.29 bits per heavy atom. The SMILES string of the molecule is CCC(CC1CC1)Nc1ccc(C#N)cc1Cl. The molecule has 0 aliphatic heterocycles. The predicted molar refractivity (Wildman–Crippen MR) is 71.2 cm³/mol. The highest BCUT2D eigenvalue weighted by Gasteiger charge is 2.24. The lowest BCUT2D eigenvalue weighted by molar-refractivity contribution is 0.587. The first-order chi connectivity index (χ1) is 8.22. The molecule has 0 saturated heterocycles. The summed E-state index contributed by atoms with van der Waals surface area (Å²) >= 11 is 6.15. The molecule has 1 aliphatic rings. The molecule has 0 spiro atoms. The first-order valence-corrected chi connectivity index (χ1v) is 6.57. The fourth-order valence-corrected chi connectivity index (χ4v) is 2.24. The van der Waals surface area contributed by atoms with Gasteiger partial charge in [0.15, 0.2) is 0 Å². The molecule has 3 heteroatoms. The van der Waals surface area contributed by atoms with E-state index in [2.05, 4.69) is 18.3 Å². The van der Waals surface area contributed by atoms with Crippen LogP contribution in [0.5, 0.6) is 0 Å². The molecule has 1 N–H and O–H groups in total. The van der Waals surface area contributed by atoms with Crippen LogP contribution in [0.2, 0.25) is 5.02 Å². The molecule has 17 heavy (non-hydrogen) atoms. The van der Waals surface area contributed by atoms with E-state index in [1.54, 1.807) is 12.1 Å². The zero-order valence-corrected chi connectivity index (χ0v) is 10.8. The molecule has 0 amide bonds. The van der Waals surface area contributed by atoms with Gasteiger partial charge in [-0.05, 0) is 37.0 Å². The Morgan fingerprint density at radius 1 is 1.53 bits per heavy atom. The third kappa shape index (κ3) is 3.38. The van der Waals surface area contributed by atoms with Crippen molar-refractivity contribution in [3.63, 3.8) is 0 Å². The fourth-order valence-electron chi connectivity index (χ4n) is 2.01. The second-order valence-electron chi connectivity index (χ2n) is 4.74. The molecular weight excluding hydrogens is 232 g/mol. The van der Waals surface area contributed by atoms with Gasteiger partial charge >= 0.3 is 0 Å². The number of anilines is 1. The van der Waals surface area contributed by atoms with Crippen LogP contribution in [0, 0.1) is 17.2 Å². The molecule has 0 radical (unpaired) electrons. The van der Waals surface area contributed by atoms with Crippen molar-refractivity contribution in [1.82, 2.24) is 0 Å². The summed E-state index contributed by atoms with van der Waals surface area (Å²) < 4.78 is 0. The minimum absolute atomic E-state index is 0.493. The summed E-state index contributed by atoms with van der Waals surface area (Å²) in [5, 5.41) is 12.9. The number of rotatable bonds is 5. The Labute approximate surface area is 108 Å². The van der Waals surface area contributed by atoms with E-state index in [0.717, 1.165) is 18.0 Å². The standard InChI is InChI=1S/C14H17ClN2/c1-2-12(7-10-3-4-10)17-14-6-5-11(9-16)8-13(14)15/h5-6,8,10,12,17H,2-4,7H2,1H3. The van der Waals surface area contributed by atoms with Gasteiger partial charge < -0.3 is 5.32 Å². The van der Waals surface area contributed by atoms with Crippen LogP contribution in [0.25, 0.3) is 0 Å². The lowest BCUT2D eigenvalue weighted by Crippen LogP contribution is -2.19. The Morgan fingerprint density at radius 3 is 2.82 bits per heavy atom. The van der Waals surface area contributed by atoms with Crippen molar-refractivity contribution in [2.24, 2.45) is 5.92 Å². The predicted octanol–water partition coefficient (Wildman–Crippen LogP) is 4.20. The van der Waals surface area contributed by atoms with Crippen LogP contribution in [-0.4, -0.2) is 6.04 Å². The van der Waals surface area contributed by atoms with Crippen LogP contribution in [0.15, 0.2) is 18.2 Å². The van der Waals surface area contributed by atoms with E-state index in [4.69, 9.17) is 16.9 Å². The molecule has 2 nitrogen and oxygen atoms in total. The van der Waals surface area contributed by atoms with E-state index in [1.165, 1.54) is 19.3 Å². The number of nitrogens with zero attached hydrogens (tertiary/aromatic N) is 1. The van der Waals surface area contributed by atoms with Crippen molar-refractivity contribution >= 4 is 17.3 Å². The second kappa shape index (κ2) is 5.42. The van der Waals surface area contributed by atoms with Gasteiger partial charge in [-0.1, -0.05) is 31.4 Å². The van der Waals surface area contributed by atoms with Crippen molar-refractivity contribution in [3.8, 4) is 6.07 Å². The number of benzene rings is 1. The highest BCUT2D eigenvalue weighted by molar-refractivity contribution is 6.33. The third-order valence-electron chi connectivity index (χ3n) is 3.27. The molecule has 1 aliphatic carbocycles. The van der Waals surface area contributed by atoms with Crippen LogP contribution in [-0.2, 0) is 0 Å². The average Bonchev–Trinajstić information content (AvgIpc) is 3.14. The summed E-state index contributed by atoms with van der Waals surface area (Å²) in [7, 11) is 0. The van der Waals surface area contributed by atoms with Gasteiger partial charge in [0.1, 0.15) is 0 Å². The van der Waals surface area contributed by atoms with Gasteiger partial charge in [-0.25, -0.2) is 0 Å². The van der Waals surface area contributed by atoms with Gasteiger partial charge in [0.2, 0.25) is 0 Å². The topological polar surface area (TPSA) is 35.8 Å².